The molecular formula is C7H14BNO2. The van der Waals surface area contributed by atoms with Gasteiger partial charge in [0.15, 0.2) is 0 Å². The number of hydrogen-bond acceptors (Lipinski definition) is 3. The van der Waals surface area contributed by atoms with E-state index in [1.807, 2.05) is 13.9 Å². The number of carbonyl (C=O) groups excluding carboxylic acids is 1. The number of rotatable bonds is 0. The molecule has 0 N–H and O–H groups in total. The van der Waals surface area contributed by atoms with Crippen LogP contribution in [0.15, 0.2) is 0 Å². The molecule has 0 aliphatic carbocycles. The molecule has 0 atom stereocenters. The Morgan fingerprint density at radius 1 is 1.55 bits per heavy atom. The third-order valence-corrected chi connectivity index (χ3v) is 2.06. The van der Waals surface area contributed by atoms with Crippen molar-refractivity contribution >= 4 is 13.0 Å². The first-order valence-corrected chi connectivity index (χ1v) is 4.10. The fraction of sp³-hybridized carbons (Fsp3) is 0.857. The summed E-state index contributed by atoms with van der Waals surface area (Å²) < 4.78 is 5.09. The minimum atomic E-state index is -0.0657. The van der Waals surface area contributed by atoms with Crippen LogP contribution in [0.1, 0.15) is 19.3 Å². The maximum absolute atomic E-state index is 10.9. The van der Waals surface area contributed by atoms with Crippen molar-refractivity contribution in [3.8, 4) is 0 Å². The van der Waals surface area contributed by atoms with Gasteiger partial charge in [0.05, 0.1) is 0 Å². The summed E-state index contributed by atoms with van der Waals surface area (Å²) in [6.07, 6.45) is 2.63. The highest BCUT2D eigenvalue weighted by Gasteiger charge is 2.22. The summed E-state index contributed by atoms with van der Waals surface area (Å²) in [7, 11) is 1.92. The van der Waals surface area contributed by atoms with E-state index in [0.717, 1.165) is 19.4 Å². The molecule has 1 rings (SSSR count). The van der Waals surface area contributed by atoms with E-state index in [2.05, 4.69) is 4.81 Å². The highest BCUT2D eigenvalue weighted by Crippen LogP contribution is 2.06. The second kappa shape index (κ2) is 3.76. The van der Waals surface area contributed by atoms with Gasteiger partial charge in [0.1, 0.15) is 0 Å². The Morgan fingerprint density at radius 3 is 3.00 bits per heavy atom. The lowest BCUT2D eigenvalue weighted by molar-refractivity contribution is -0.135. The molecule has 0 aromatic carbocycles. The van der Waals surface area contributed by atoms with Gasteiger partial charge in [-0.25, -0.2) is 0 Å². The molecule has 1 aliphatic rings. The molecule has 1 aliphatic heterocycles. The zero-order valence-electron chi connectivity index (χ0n) is 7.17. The molecule has 1 saturated heterocycles. The predicted octanol–water partition coefficient (Wildman–Crippen LogP) is 0.763. The molecule has 0 aromatic heterocycles. The summed E-state index contributed by atoms with van der Waals surface area (Å²) in [5.74, 6) is -0.0657. The Balaban J connectivity index is 2.44. The van der Waals surface area contributed by atoms with Crippen LogP contribution in [0.2, 0.25) is 6.82 Å². The molecule has 0 saturated carbocycles. The molecule has 11 heavy (non-hydrogen) atoms. The van der Waals surface area contributed by atoms with Crippen LogP contribution < -0.4 is 0 Å². The van der Waals surface area contributed by atoms with Crippen molar-refractivity contribution in [3.63, 3.8) is 0 Å². The lowest BCUT2D eigenvalue weighted by atomic mass is 9.83. The Kier molecular flexibility index (Phi) is 2.94. The number of carbonyl (C=O) groups is 1. The standard InChI is InChI=1S/C7H14BNO2/c1-8-9(2)6-4-3-5-7(10)11-8/h3-6H2,1-2H3. The quantitative estimate of drug-likeness (QED) is 0.483. The van der Waals surface area contributed by atoms with Gasteiger partial charge in [-0.15, -0.1) is 0 Å². The van der Waals surface area contributed by atoms with Crippen LogP contribution in [0.3, 0.4) is 0 Å². The van der Waals surface area contributed by atoms with E-state index >= 15 is 0 Å². The Labute approximate surface area is 67.8 Å². The molecule has 0 spiro atoms. The monoisotopic (exact) mass is 155 g/mol. The summed E-state index contributed by atoms with van der Waals surface area (Å²) in [5, 5.41) is 0. The van der Waals surface area contributed by atoms with Gasteiger partial charge in [0.25, 0.3) is 5.97 Å². The van der Waals surface area contributed by atoms with E-state index < -0.39 is 0 Å². The Bertz CT molecular complexity index is 151. The normalized spacial score (nSPS) is 22.4. The first-order valence-electron chi connectivity index (χ1n) is 4.10. The third kappa shape index (κ3) is 2.54. The van der Waals surface area contributed by atoms with E-state index in [1.165, 1.54) is 0 Å². The van der Waals surface area contributed by atoms with Crippen molar-refractivity contribution in [3.05, 3.63) is 0 Å². The fourth-order valence-electron chi connectivity index (χ4n) is 1.15. The van der Waals surface area contributed by atoms with Crippen molar-refractivity contribution < 1.29 is 9.45 Å². The second-order valence-electron chi connectivity index (χ2n) is 3.03. The van der Waals surface area contributed by atoms with Gasteiger partial charge >= 0.3 is 7.05 Å². The Morgan fingerprint density at radius 2 is 2.27 bits per heavy atom. The van der Waals surface area contributed by atoms with E-state index in [9.17, 15) is 4.79 Å². The van der Waals surface area contributed by atoms with Crippen molar-refractivity contribution in [1.82, 2.24) is 4.81 Å². The highest BCUT2D eigenvalue weighted by molar-refractivity contribution is 6.49. The summed E-state index contributed by atoms with van der Waals surface area (Å²) in [6, 6.07) is 0. The van der Waals surface area contributed by atoms with Gasteiger partial charge in [-0.2, -0.15) is 0 Å². The highest BCUT2D eigenvalue weighted by atomic mass is 16.5. The van der Waals surface area contributed by atoms with Crippen LogP contribution in [0.4, 0.5) is 0 Å². The van der Waals surface area contributed by atoms with Crippen LogP contribution >= 0.6 is 0 Å². The van der Waals surface area contributed by atoms with Crippen molar-refractivity contribution in [1.29, 1.82) is 0 Å². The van der Waals surface area contributed by atoms with Crippen molar-refractivity contribution in [2.24, 2.45) is 0 Å². The number of hydrogen-bond donors (Lipinski definition) is 0. The largest absolute Gasteiger partial charge is 0.520 e. The molecule has 0 unspecified atom stereocenters. The minimum absolute atomic E-state index is 0.0530. The van der Waals surface area contributed by atoms with E-state index in [0.29, 0.717) is 6.42 Å². The van der Waals surface area contributed by atoms with Gasteiger partial charge in [0.2, 0.25) is 0 Å². The molecule has 1 heterocycles. The first kappa shape index (κ1) is 8.59. The maximum atomic E-state index is 10.9. The van der Waals surface area contributed by atoms with Crippen molar-refractivity contribution in [2.75, 3.05) is 13.6 Å². The topological polar surface area (TPSA) is 29.5 Å². The summed E-state index contributed by atoms with van der Waals surface area (Å²) in [6.45, 7) is 2.93. The molecule has 0 aromatic rings. The van der Waals surface area contributed by atoms with Crippen molar-refractivity contribution in [2.45, 2.75) is 26.1 Å². The van der Waals surface area contributed by atoms with Gasteiger partial charge in [-0.05, 0) is 33.3 Å². The summed E-state index contributed by atoms with van der Waals surface area (Å²) in [4.78, 5) is 13.0. The number of nitrogens with zero attached hydrogens (tertiary/aromatic N) is 1. The van der Waals surface area contributed by atoms with Crippen LogP contribution in [-0.4, -0.2) is 31.4 Å². The molecular weight excluding hydrogens is 141 g/mol. The van der Waals surface area contributed by atoms with Crippen LogP contribution in [0.5, 0.6) is 0 Å². The van der Waals surface area contributed by atoms with Gasteiger partial charge in [0, 0.05) is 6.42 Å². The molecule has 3 nitrogen and oxygen atoms in total. The van der Waals surface area contributed by atoms with E-state index in [4.69, 9.17) is 4.65 Å². The molecule has 0 bridgehead atoms. The first-order chi connectivity index (χ1) is 5.20. The minimum Gasteiger partial charge on any atom is -0.520 e. The van der Waals surface area contributed by atoms with E-state index in [1.54, 1.807) is 0 Å². The average molecular weight is 155 g/mol. The van der Waals surface area contributed by atoms with Crippen LogP contribution in [0, 0.1) is 0 Å². The molecule has 0 radical (unpaired) electrons. The zero-order valence-corrected chi connectivity index (χ0v) is 7.17. The van der Waals surface area contributed by atoms with Gasteiger partial charge in [-0.1, -0.05) is 0 Å². The third-order valence-electron chi connectivity index (χ3n) is 2.06. The second-order valence-corrected chi connectivity index (χ2v) is 3.03. The molecule has 4 heteroatoms. The summed E-state index contributed by atoms with van der Waals surface area (Å²) >= 11 is 0. The SMILES string of the molecule is CB1OC(=O)CCCCN1C. The van der Waals surface area contributed by atoms with Crippen LogP contribution in [0.25, 0.3) is 0 Å². The van der Waals surface area contributed by atoms with Gasteiger partial charge in [-0.3, -0.25) is 4.79 Å². The molecule has 1 fully saturated rings. The lowest BCUT2D eigenvalue weighted by Gasteiger charge is -2.23. The predicted molar refractivity (Wildman–Crippen MR) is 44.2 cm³/mol. The van der Waals surface area contributed by atoms with Gasteiger partial charge < -0.3 is 9.47 Å². The molecule has 0 amide bonds. The smallest absolute Gasteiger partial charge is 0.447 e. The maximum Gasteiger partial charge on any atom is 0.447 e. The Hall–Kier alpha value is -0.505. The van der Waals surface area contributed by atoms with Crippen LogP contribution in [-0.2, 0) is 9.45 Å². The summed E-state index contributed by atoms with van der Waals surface area (Å²) in [5.41, 5.74) is 0. The molecule has 62 valence electrons. The fourth-order valence-corrected chi connectivity index (χ4v) is 1.15. The average Bonchev–Trinajstić information content (AvgIpc) is 1.95. The lowest BCUT2D eigenvalue weighted by Crippen LogP contribution is -2.39. The zero-order chi connectivity index (χ0) is 8.27. The van der Waals surface area contributed by atoms with E-state index in [-0.39, 0.29) is 13.0 Å².